The Morgan fingerprint density at radius 3 is 2.76 bits per heavy atom. The van der Waals surface area contributed by atoms with Gasteiger partial charge in [0.1, 0.15) is 16.7 Å². The molecule has 5 nitrogen and oxygen atoms in total. The van der Waals surface area contributed by atoms with Gasteiger partial charge in [-0.2, -0.15) is 0 Å². The van der Waals surface area contributed by atoms with Crippen molar-refractivity contribution in [3.8, 4) is 0 Å². The van der Waals surface area contributed by atoms with Gasteiger partial charge in [-0.15, -0.1) is 0 Å². The maximum absolute atomic E-state index is 13.9. The molecule has 0 aliphatic carbocycles. The second-order valence-electron chi connectivity index (χ2n) is 6.27. The summed E-state index contributed by atoms with van der Waals surface area (Å²) in [5.74, 6) is -2.53. The molecule has 0 saturated carbocycles. The minimum atomic E-state index is -0.937. The zero-order chi connectivity index (χ0) is 20.5. The third-order valence-corrected chi connectivity index (χ3v) is 5.52. The maximum atomic E-state index is 13.9. The van der Waals surface area contributed by atoms with Crippen LogP contribution in [-0.4, -0.2) is 23.3 Å². The summed E-state index contributed by atoms with van der Waals surface area (Å²) >= 11 is 1.32. The Bertz CT molecular complexity index is 1140. The molecular formula is C21H15F2N3O2S. The molecule has 2 heterocycles. The number of nitrogens with one attached hydrogen (secondary N) is 1. The molecule has 29 heavy (non-hydrogen) atoms. The van der Waals surface area contributed by atoms with Crippen molar-refractivity contribution < 1.29 is 18.4 Å². The average Bonchev–Trinajstić information content (AvgIpc) is 2.81. The fourth-order valence-electron chi connectivity index (χ4n) is 3.08. The van der Waals surface area contributed by atoms with E-state index in [1.165, 1.54) is 11.8 Å². The van der Waals surface area contributed by atoms with Crippen molar-refractivity contribution in [2.24, 2.45) is 0 Å². The van der Waals surface area contributed by atoms with Gasteiger partial charge < -0.3 is 10.2 Å². The fourth-order valence-corrected chi connectivity index (χ4v) is 4.13. The molecule has 0 bridgehead atoms. The molecule has 2 aromatic carbocycles. The van der Waals surface area contributed by atoms with Crippen LogP contribution in [0.3, 0.4) is 0 Å². The molecule has 1 aliphatic rings. The van der Waals surface area contributed by atoms with Crippen LogP contribution in [0.4, 0.5) is 20.2 Å². The molecule has 146 valence electrons. The van der Waals surface area contributed by atoms with E-state index in [9.17, 15) is 18.4 Å². The maximum Gasteiger partial charge on any atom is 0.261 e. The van der Waals surface area contributed by atoms with E-state index in [2.05, 4.69) is 10.3 Å². The van der Waals surface area contributed by atoms with Crippen LogP contribution in [0.1, 0.15) is 27.6 Å². The normalized spacial score (nSPS) is 12.8. The molecule has 0 saturated heterocycles. The van der Waals surface area contributed by atoms with Gasteiger partial charge in [0.15, 0.2) is 0 Å². The fraction of sp³-hybridized carbons (Fsp3) is 0.0952. The van der Waals surface area contributed by atoms with Gasteiger partial charge in [0.05, 0.1) is 16.8 Å². The van der Waals surface area contributed by atoms with Crippen LogP contribution in [0, 0.1) is 11.6 Å². The SMILES string of the molecule is CCN1C(=O)c2cccnc2Sc2cc(NC(=O)c3ccc(F)cc3F)ccc21. The van der Waals surface area contributed by atoms with Gasteiger partial charge in [-0.1, -0.05) is 11.8 Å². The van der Waals surface area contributed by atoms with Crippen LogP contribution in [0.15, 0.2) is 64.6 Å². The number of carbonyl (C=O) groups is 2. The number of pyridine rings is 1. The van der Waals surface area contributed by atoms with E-state index in [-0.39, 0.29) is 11.5 Å². The number of aromatic nitrogens is 1. The predicted octanol–water partition coefficient (Wildman–Crippen LogP) is 4.74. The number of amides is 2. The molecule has 0 atom stereocenters. The first-order valence-corrected chi connectivity index (χ1v) is 9.64. The van der Waals surface area contributed by atoms with Gasteiger partial charge in [-0.25, -0.2) is 13.8 Å². The summed E-state index contributed by atoms with van der Waals surface area (Å²) in [7, 11) is 0. The third kappa shape index (κ3) is 3.58. The van der Waals surface area contributed by atoms with Crippen molar-refractivity contribution >= 4 is 35.0 Å². The lowest BCUT2D eigenvalue weighted by Crippen LogP contribution is -2.30. The van der Waals surface area contributed by atoms with E-state index in [1.807, 2.05) is 6.92 Å². The highest BCUT2D eigenvalue weighted by atomic mass is 32.2. The first-order chi connectivity index (χ1) is 14.0. The molecule has 4 rings (SSSR count). The second kappa shape index (κ2) is 7.63. The van der Waals surface area contributed by atoms with Crippen molar-refractivity contribution in [1.29, 1.82) is 0 Å². The quantitative estimate of drug-likeness (QED) is 0.676. The number of hydrogen-bond acceptors (Lipinski definition) is 4. The molecule has 1 aromatic heterocycles. The molecule has 0 unspecified atom stereocenters. The van der Waals surface area contributed by atoms with Crippen LogP contribution in [0.5, 0.6) is 0 Å². The minimum absolute atomic E-state index is 0.146. The molecular weight excluding hydrogens is 396 g/mol. The van der Waals surface area contributed by atoms with Crippen LogP contribution in [0.25, 0.3) is 0 Å². The van der Waals surface area contributed by atoms with E-state index in [4.69, 9.17) is 0 Å². The standard InChI is InChI=1S/C21H15F2N3O2S/c1-2-26-17-8-6-13(25-19(27)14-7-5-12(22)10-16(14)23)11-18(17)29-20-15(21(26)28)4-3-9-24-20/h3-11H,2H2,1H3,(H,25,27). The lowest BCUT2D eigenvalue weighted by Gasteiger charge is -2.21. The zero-order valence-corrected chi connectivity index (χ0v) is 16.1. The second-order valence-corrected chi connectivity index (χ2v) is 7.30. The summed E-state index contributed by atoms with van der Waals surface area (Å²) in [6.07, 6.45) is 1.61. The lowest BCUT2D eigenvalue weighted by atomic mass is 10.1. The molecule has 2 amide bonds. The van der Waals surface area contributed by atoms with Crippen molar-refractivity contribution in [3.63, 3.8) is 0 Å². The molecule has 3 aromatic rings. The number of rotatable bonds is 3. The van der Waals surface area contributed by atoms with Crippen LogP contribution >= 0.6 is 11.8 Å². The van der Waals surface area contributed by atoms with Gasteiger partial charge >= 0.3 is 0 Å². The number of carbonyl (C=O) groups excluding carboxylic acids is 2. The predicted molar refractivity (Wildman–Crippen MR) is 106 cm³/mol. The van der Waals surface area contributed by atoms with Crippen molar-refractivity contribution in [2.45, 2.75) is 16.8 Å². The molecule has 8 heteroatoms. The van der Waals surface area contributed by atoms with Gasteiger partial charge in [-0.3, -0.25) is 9.59 Å². The third-order valence-electron chi connectivity index (χ3n) is 4.45. The van der Waals surface area contributed by atoms with Crippen LogP contribution < -0.4 is 10.2 Å². The molecule has 0 fully saturated rings. The average molecular weight is 411 g/mol. The van der Waals surface area contributed by atoms with Crippen molar-refractivity contribution in [3.05, 3.63) is 77.5 Å². The number of anilines is 2. The van der Waals surface area contributed by atoms with E-state index >= 15 is 0 Å². The summed E-state index contributed by atoms with van der Waals surface area (Å²) in [5, 5.41) is 3.19. The van der Waals surface area contributed by atoms with Gasteiger partial charge in [0.25, 0.3) is 11.8 Å². The monoisotopic (exact) mass is 411 g/mol. The highest BCUT2D eigenvalue weighted by Gasteiger charge is 2.27. The zero-order valence-electron chi connectivity index (χ0n) is 15.3. The van der Waals surface area contributed by atoms with Gasteiger partial charge in [0.2, 0.25) is 0 Å². The number of halogens is 2. The van der Waals surface area contributed by atoms with E-state index in [0.717, 1.165) is 17.0 Å². The Morgan fingerprint density at radius 1 is 1.17 bits per heavy atom. The van der Waals surface area contributed by atoms with E-state index in [0.29, 0.717) is 34.6 Å². The van der Waals surface area contributed by atoms with Crippen molar-refractivity contribution in [1.82, 2.24) is 4.98 Å². The topological polar surface area (TPSA) is 62.3 Å². The molecule has 1 aliphatic heterocycles. The number of benzene rings is 2. The Labute approximate surface area is 169 Å². The Balaban J connectivity index is 1.69. The highest BCUT2D eigenvalue weighted by molar-refractivity contribution is 7.99. The summed E-state index contributed by atoms with van der Waals surface area (Å²) in [6.45, 7) is 2.34. The lowest BCUT2D eigenvalue weighted by molar-refractivity contribution is 0.0983. The highest BCUT2D eigenvalue weighted by Crippen LogP contribution is 2.41. The van der Waals surface area contributed by atoms with Gasteiger partial charge in [-0.05, 0) is 49.4 Å². The Kier molecular flexibility index (Phi) is 5.02. The molecule has 0 radical (unpaired) electrons. The van der Waals surface area contributed by atoms with Crippen LogP contribution in [0.2, 0.25) is 0 Å². The Hall–Kier alpha value is -3.26. The molecule has 0 spiro atoms. The minimum Gasteiger partial charge on any atom is -0.322 e. The first-order valence-electron chi connectivity index (χ1n) is 8.83. The van der Waals surface area contributed by atoms with Crippen LogP contribution in [-0.2, 0) is 0 Å². The summed E-state index contributed by atoms with van der Waals surface area (Å²) < 4.78 is 27.0. The summed E-state index contributed by atoms with van der Waals surface area (Å²) in [6, 6.07) is 11.3. The number of nitrogens with zero attached hydrogens (tertiary/aromatic N) is 2. The number of fused-ring (bicyclic) bond motifs is 2. The number of hydrogen-bond donors (Lipinski definition) is 1. The van der Waals surface area contributed by atoms with E-state index in [1.54, 1.807) is 41.4 Å². The van der Waals surface area contributed by atoms with E-state index < -0.39 is 17.5 Å². The largest absolute Gasteiger partial charge is 0.322 e. The van der Waals surface area contributed by atoms with Gasteiger partial charge in [0, 0.05) is 29.4 Å². The Morgan fingerprint density at radius 2 is 2.00 bits per heavy atom. The van der Waals surface area contributed by atoms with Crippen molar-refractivity contribution in [2.75, 3.05) is 16.8 Å². The molecule has 1 N–H and O–H groups in total. The summed E-state index contributed by atoms with van der Waals surface area (Å²) in [5.41, 5.74) is 1.38. The smallest absolute Gasteiger partial charge is 0.261 e. The first kappa shape index (κ1) is 19.1. The summed E-state index contributed by atoms with van der Waals surface area (Å²) in [4.78, 5) is 31.9.